The summed E-state index contributed by atoms with van der Waals surface area (Å²) >= 11 is 7.55. The third kappa shape index (κ3) is 2.53. The number of thiophene rings is 1. The highest BCUT2D eigenvalue weighted by atomic mass is 35.5. The molecular formula is C13H11ClN4S. The lowest BCUT2D eigenvalue weighted by molar-refractivity contribution is 0.993. The molecule has 96 valence electrons. The van der Waals surface area contributed by atoms with Crippen LogP contribution in [-0.4, -0.2) is 9.97 Å². The number of hydrogen-bond acceptors (Lipinski definition) is 5. The largest absolute Gasteiger partial charge is 0.308 e. The molecule has 0 fully saturated rings. The van der Waals surface area contributed by atoms with Crippen LogP contribution in [0.3, 0.4) is 0 Å². The number of hydrogen-bond donors (Lipinski definition) is 2. The molecule has 0 unspecified atom stereocenters. The van der Waals surface area contributed by atoms with Gasteiger partial charge in [0.15, 0.2) is 5.82 Å². The molecule has 0 radical (unpaired) electrons. The van der Waals surface area contributed by atoms with Crippen LogP contribution < -0.4 is 11.3 Å². The predicted octanol–water partition coefficient (Wildman–Crippen LogP) is 3.22. The molecule has 0 amide bonds. The fourth-order valence-corrected chi connectivity index (χ4v) is 2.91. The molecule has 0 atom stereocenters. The third-order valence-electron chi connectivity index (χ3n) is 2.76. The number of rotatable bonds is 3. The normalized spacial score (nSPS) is 10.8. The summed E-state index contributed by atoms with van der Waals surface area (Å²) in [6, 6.07) is 9.64. The molecule has 0 saturated carbocycles. The molecule has 0 spiro atoms. The molecule has 2 aromatic heterocycles. The maximum absolute atomic E-state index is 5.98. The number of benzene rings is 1. The molecule has 3 N–H and O–H groups in total. The summed E-state index contributed by atoms with van der Waals surface area (Å²) in [4.78, 5) is 9.90. The highest BCUT2D eigenvalue weighted by Gasteiger charge is 2.08. The Morgan fingerprint density at radius 1 is 1.26 bits per heavy atom. The van der Waals surface area contributed by atoms with Gasteiger partial charge in [0.25, 0.3) is 0 Å². The van der Waals surface area contributed by atoms with E-state index in [0.717, 1.165) is 21.6 Å². The van der Waals surface area contributed by atoms with Crippen LogP contribution in [0.5, 0.6) is 0 Å². The average Bonchev–Trinajstić information content (AvgIpc) is 2.86. The van der Waals surface area contributed by atoms with Gasteiger partial charge in [0, 0.05) is 11.4 Å². The van der Waals surface area contributed by atoms with E-state index in [9.17, 15) is 0 Å². The second-order valence-electron chi connectivity index (χ2n) is 4.08. The molecule has 0 bridgehead atoms. The highest BCUT2D eigenvalue weighted by Crippen LogP contribution is 2.25. The lowest BCUT2D eigenvalue weighted by Crippen LogP contribution is -2.10. The number of aromatic nitrogens is 2. The topological polar surface area (TPSA) is 63.8 Å². The molecule has 1 aromatic carbocycles. The van der Waals surface area contributed by atoms with Gasteiger partial charge in [0.05, 0.1) is 5.39 Å². The third-order valence-corrected chi connectivity index (χ3v) is 3.80. The molecule has 3 rings (SSSR count). The first-order valence-corrected chi connectivity index (χ1v) is 6.97. The fourth-order valence-electron chi connectivity index (χ4n) is 1.92. The van der Waals surface area contributed by atoms with Crippen LogP contribution in [0, 0.1) is 0 Å². The van der Waals surface area contributed by atoms with E-state index in [2.05, 4.69) is 15.4 Å². The van der Waals surface area contributed by atoms with Crippen molar-refractivity contribution >= 4 is 39.0 Å². The Balaban J connectivity index is 2.01. The van der Waals surface area contributed by atoms with E-state index in [1.165, 1.54) is 0 Å². The number of halogens is 1. The second-order valence-corrected chi connectivity index (χ2v) is 5.41. The Morgan fingerprint density at radius 2 is 2.16 bits per heavy atom. The smallest absolute Gasteiger partial charge is 0.152 e. The number of nitrogen functional groups attached to an aromatic ring is 1. The van der Waals surface area contributed by atoms with Crippen molar-refractivity contribution in [1.29, 1.82) is 0 Å². The quantitative estimate of drug-likeness (QED) is 0.574. The number of nitrogens with two attached hydrogens (primary N) is 1. The van der Waals surface area contributed by atoms with E-state index in [1.54, 1.807) is 11.3 Å². The highest BCUT2D eigenvalue weighted by molar-refractivity contribution is 7.16. The SMILES string of the molecule is NNc1nc(Cc2cccc(Cl)c2)nc2sccc12. The van der Waals surface area contributed by atoms with Gasteiger partial charge in [0.2, 0.25) is 0 Å². The number of fused-ring (bicyclic) bond motifs is 1. The first kappa shape index (κ1) is 12.3. The summed E-state index contributed by atoms with van der Waals surface area (Å²) < 4.78 is 0. The Hall–Kier alpha value is -1.69. The van der Waals surface area contributed by atoms with Crippen LogP contribution in [0.2, 0.25) is 5.02 Å². The van der Waals surface area contributed by atoms with Crippen LogP contribution in [0.1, 0.15) is 11.4 Å². The van der Waals surface area contributed by atoms with Crippen molar-refractivity contribution in [1.82, 2.24) is 9.97 Å². The minimum atomic E-state index is 0.628. The van der Waals surface area contributed by atoms with Crippen molar-refractivity contribution in [3.05, 3.63) is 52.1 Å². The van der Waals surface area contributed by atoms with Crippen molar-refractivity contribution < 1.29 is 0 Å². The summed E-state index contributed by atoms with van der Waals surface area (Å²) in [6.45, 7) is 0. The summed E-state index contributed by atoms with van der Waals surface area (Å²) in [6.07, 6.45) is 0.628. The number of anilines is 1. The van der Waals surface area contributed by atoms with Crippen molar-refractivity contribution in [3.63, 3.8) is 0 Å². The average molecular weight is 291 g/mol. The molecule has 4 nitrogen and oxygen atoms in total. The summed E-state index contributed by atoms with van der Waals surface area (Å²) in [7, 11) is 0. The van der Waals surface area contributed by atoms with Gasteiger partial charge >= 0.3 is 0 Å². The predicted molar refractivity (Wildman–Crippen MR) is 79.5 cm³/mol. The van der Waals surface area contributed by atoms with E-state index >= 15 is 0 Å². The van der Waals surface area contributed by atoms with E-state index in [0.29, 0.717) is 17.3 Å². The van der Waals surface area contributed by atoms with E-state index < -0.39 is 0 Å². The van der Waals surface area contributed by atoms with Gasteiger partial charge in [-0.1, -0.05) is 23.7 Å². The van der Waals surface area contributed by atoms with Crippen LogP contribution in [0.25, 0.3) is 10.2 Å². The van der Waals surface area contributed by atoms with Crippen molar-refractivity contribution in [3.8, 4) is 0 Å². The minimum absolute atomic E-state index is 0.628. The van der Waals surface area contributed by atoms with Gasteiger partial charge in [-0.15, -0.1) is 11.3 Å². The van der Waals surface area contributed by atoms with Crippen LogP contribution in [0.15, 0.2) is 35.7 Å². The van der Waals surface area contributed by atoms with Crippen molar-refractivity contribution in [2.45, 2.75) is 6.42 Å². The van der Waals surface area contributed by atoms with Gasteiger partial charge < -0.3 is 5.43 Å². The Bertz CT molecular complexity index is 725. The van der Waals surface area contributed by atoms with Crippen molar-refractivity contribution in [2.24, 2.45) is 5.84 Å². The maximum atomic E-state index is 5.98. The minimum Gasteiger partial charge on any atom is -0.308 e. The fraction of sp³-hybridized carbons (Fsp3) is 0.0769. The summed E-state index contributed by atoms with van der Waals surface area (Å²) in [5.74, 6) is 6.89. The van der Waals surface area contributed by atoms with E-state index in [1.807, 2.05) is 35.7 Å². The van der Waals surface area contributed by atoms with Gasteiger partial charge in [-0.25, -0.2) is 15.8 Å². The molecule has 0 aliphatic rings. The first-order valence-electron chi connectivity index (χ1n) is 5.71. The molecule has 0 saturated heterocycles. The Morgan fingerprint density at radius 3 is 2.95 bits per heavy atom. The van der Waals surface area contributed by atoms with Gasteiger partial charge in [-0.05, 0) is 29.1 Å². The van der Waals surface area contributed by atoms with E-state index in [-0.39, 0.29) is 0 Å². The summed E-state index contributed by atoms with van der Waals surface area (Å²) in [5, 5.41) is 3.64. The zero-order valence-electron chi connectivity index (χ0n) is 9.93. The molecule has 6 heteroatoms. The standard InChI is InChI=1S/C13H11ClN4S/c14-9-3-1-2-8(6-9)7-11-16-12(18-15)10-4-5-19-13(10)17-11/h1-6H,7,15H2,(H,16,17,18). The summed E-state index contributed by atoms with van der Waals surface area (Å²) in [5.41, 5.74) is 3.70. The lowest BCUT2D eigenvalue weighted by atomic mass is 10.1. The molecule has 19 heavy (non-hydrogen) atoms. The van der Waals surface area contributed by atoms with Crippen LogP contribution >= 0.6 is 22.9 Å². The second kappa shape index (κ2) is 5.13. The molecule has 0 aliphatic carbocycles. The zero-order chi connectivity index (χ0) is 13.2. The Labute approximate surface area is 119 Å². The molecular weight excluding hydrogens is 280 g/mol. The first-order chi connectivity index (χ1) is 9.26. The number of hydrazine groups is 1. The molecule has 0 aliphatic heterocycles. The van der Waals surface area contributed by atoms with Gasteiger partial charge in [0.1, 0.15) is 10.7 Å². The molecule has 2 heterocycles. The maximum Gasteiger partial charge on any atom is 0.152 e. The number of nitrogens with zero attached hydrogens (tertiary/aromatic N) is 2. The van der Waals surface area contributed by atoms with Gasteiger partial charge in [-0.2, -0.15) is 0 Å². The van der Waals surface area contributed by atoms with Gasteiger partial charge in [-0.3, -0.25) is 0 Å². The van der Waals surface area contributed by atoms with Crippen LogP contribution in [-0.2, 0) is 6.42 Å². The Kier molecular flexibility index (Phi) is 3.33. The lowest BCUT2D eigenvalue weighted by Gasteiger charge is -2.05. The molecule has 3 aromatic rings. The number of nitrogens with one attached hydrogen (secondary N) is 1. The zero-order valence-corrected chi connectivity index (χ0v) is 11.5. The van der Waals surface area contributed by atoms with E-state index in [4.69, 9.17) is 17.4 Å². The monoisotopic (exact) mass is 290 g/mol. The van der Waals surface area contributed by atoms with Crippen molar-refractivity contribution in [2.75, 3.05) is 5.43 Å². The van der Waals surface area contributed by atoms with Crippen LogP contribution in [0.4, 0.5) is 5.82 Å².